The summed E-state index contributed by atoms with van der Waals surface area (Å²) in [5.41, 5.74) is 5.13. The number of likely N-dealkylation sites (N-methyl/N-ethyl adjacent to an activating group) is 1. The summed E-state index contributed by atoms with van der Waals surface area (Å²) < 4.78 is 5.21. The lowest BCUT2D eigenvalue weighted by molar-refractivity contribution is -0.139. The zero-order chi connectivity index (χ0) is 19.9. The molecule has 0 aromatic heterocycles. The first-order valence-electron chi connectivity index (χ1n) is 9.18. The normalized spacial score (nSPS) is 21.1. The van der Waals surface area contributed by atoms with Crippen molar-refractivity contribution < 1.29 is 14.3 Å². The molecule has 2 N–H and O–H groups in total. The van der Waals surface area contributed by atoms with Crippen molar-refractivity contribution in [1.29, 1.82) is 0 Å². The van der Waals surface area contributed by atoms with Gasteiger partial charge in [-0.25, -0.2) is 9.59 Å². The Morgan fingerprint density at radius 2 is 2.00 bits per heavy atom. The van der Waals surface area contributed by atoms with E-state index in [0.29, 0.717) is 11.3 Å². The number of urea groups is 1. The average Bonchev–Trinajstić information content (AvgIpc) is 2.58. The monoisotopic (exact) mass is 369 g/mol. The first-order chi connectivity index (χ1) is 12.7. The summed E-state index contributed by atoms with van der Waals surface area (Å²) in [5.74, 6) is -0.421. The Bertz CT molecular complexity index is 867. The van der Waals surface area contributed by atoms with Crippen LogP contribution in [0, 0.1) is 0 Å². The minimum atomic E-state index is -0.545. The topological polar surface area (TPSA) is 70.7 Å². The molecule has 2 aliphatic rings. The van der Waals surface area contributed by atoms with Gasteiger partial charge >= 0.3 is 12.0 Å². The third-order valence-electron chi connectivity index (χ3n) is 5.34. The Balaban J connectivity index is 2.08. The second kappa shape index (κ2) is 6.76. The largest absolute Gasteiger partial charge is 0.463 e. The number of allylic oxidation sites excluding steroid dienone is 2. The van der Waals surface area contributed by atoms with Crippen LogP contribution in [0.25, 0.3) is 5.57 Å². The summed E-state index contributed by atoms with van der Waals surface area (Å²) in [6.45, 7) is 10.2. The van der Waals surface area contributed by atoms with Crippen molar-refractivity contribution in [3.8, 4) is 0 Å². The van der Waals surface area contributed by atoms with Gasteiger partial charge in [0.15, 0.2) is 0 Å². The van der Waals surface area contributed by atoms with Gasteiger partial charge in [-0.1, -0.05) is 12.1 Å². The van der Waals surface area contributed by atoms with Crippen LogP contribution in [0.15, 0.2) is 35.5 Å². The van der Waals surface area contributed by atoms with E-state index in [1.165, 1.54) is 5.57 Å². The quantitative estimate of drug-likeness (QED) is 0.800. The molecule has 0 bridgehead atoms. The van der Waals surface area contributed by atoms with Crippen molar-refractivity contribution >= 4 is 23.3 Å². The Morgan fingerprint density at radius 1 is 1.30 bits per heavy atom. The number of hydrogen-bond donors (Lipinski definition) is 2. The molecule has 1 atom stereocenters. The molecule has 0 radical (unpaired) electrons. The smallest absolute Gasteiger partial charge is 0.338 e. The molecule has 0 aliphatic carbocycles. The molecule has 0 saturated heterocycles. The van der Waals surface area contributed by atoms with Gasteiger partial charge in [0, 0.05) is 24.0 Å². The molecular formula is C21H27N3O3. The molecule has 144 valence electrons. The Morgan fingerprint density at radius 3 is 2.67 bits per heavy atom. The van der Waals surface area contributed by atoms with Crippen LogP contribution in [0.5, 0.6) is 0 Å². The number of rotatable bonds is 3. The van der Waals surface area contributed by atoms with E-state index in [9.17, 15) is 9.59 Å². The molecule has 2 aliphatic heterocycles. The highest BCUT2D eigenvalue weighted by molar-refractivity contribution is 5.95. The second-order valence-corrected chi connectivity index (χ2v) is 7.61. The number of carbonyl (C=O) groups excluding carboxylic acids is 2. The van der Waals surface area contributed by atoms with Crippen LogP contribution in [0.1, 0.15) is 51.8 Å². The number of benzene rings is 1. The van der Waals surface area contributed by atoms with Gasteiger partial charge in [0.05, 0.1) is 23.8 Å². The first-order valence-corrected chi connectivity index (χ1v) is 9.18. The lowest BCUT2D eigenvalue weighted by Crippen LogP contribution is -2.45. The Hall–Kier alpha value is -2.76. The van der Waals surface area contributed by atoms with Gasteiger partial charge in [-0.05, 0) is 57.9 Å². The van der Waals surface area contributed by atoms with Crippen LogP contribution in [0.2, 0.25) is 0 Å². The van der Waals surface area contributed by atoms with Crippen molar-refractivity contribution in [3.63, 3.8) is 0 Å². The maximum Gasteiger partial charge on any atom is 0.338 e. The molecule has 6 nitrogen and oxygen atoms in total. The van der Waals surface area contributed by atoms with Gasteiger partial charge in [-0.2, -0.15) is 0 Å². The van der Waals surface area contributed by atoms with Crippen molar-refractivity contribution in [2.45, 2.75) is 46.2 Å². The standard InChI is InChI=1S/C21H27N3O3/c1-7-27-19(25)17-13(3)22-20(26)23-18(17)14-8-9-16-15(10-14)12(2)11-21(4,5)24(16)6/h8-11,18H,7H2,1-6H3,(H2,22,23,26). The highest BCUT2D eigenvalue weighted by atomic mass is 16.5. The summed E-state index contributed by atoms with van der Waals surface area (Å²) in [4.78, 5) is 26.8. The Labute approximate surface area is 160 Å². The van der Waals surface area contributed by atoms with Crippen LogP contribution < -0.4 is 15.5 Å². The fraction of sp³-hybridized carbons (Fsp3) is 0.429. The van der Waals surface area contributed by atoms with Crippen LogP contribution in [0.4, 0.5) is 10.5 Å². The van der Waals surface area contributed by atoms with E-state index in [-0.39, 0.29) is 18.2 Å². The van der Waals surface area contributed by atoms with Crippen LogP contribution in [0.3, 0.4) is 0 Å². The number of amides is 2. The lowest BCUT2D eigenvalue weighted by Gasteiger charge is -2.41. The van der Waals surface area contributed by atoms with Crippen LogP contribution in [-0.4, -0.2) is 31.2 Å². The summed E-state index contributed by atoms with van der Waals surface area (Å²) in [6, 6.07) is 5.20. The van der Waals surface area contributed by atoms with Gasteiger partial charge in [-0.3, -0.25) is 0 Å². The number of nitrogens with zero attached hydrogens (tertiary/aromatic N) is 1. The number of ether oxygens (including phenoxy) is 1. The SMILES string of the molecule is CCOC(=O)C1=C(C)NC(=O)NC1c1ccc2c(c1)C(C)=CC(C)(C)N2C. The maximum absolute atomic E-state index is 12.5. The lowest BCUT2D eigenvalue weighted by atomic mass is 9.86. The van der Waals surface area contributed by atoms with E-state index in [1.807, 2.05) is 6.07 Å². The summed E-state index contributed by atoms with van der Waals surface area (Å²) in [6.07, 6.45) is 2.23. The van der Waals surface area contributed by atoms with Crippen molar-refractivity contribution in [1.82, 2.24) is 10.6 Å². The van der Waals surface area contributed by atoms with E-state index >= 15 is 0 Å². The third kappa shape index (κ3) is 3.31. The molecule has 0 fully saturated rings. The molecule has 1 aromatic rings. The maximum atomic E-state index is 12.5. The number of hydrogen-bond acceptors (Lipinski definition) is 4. The van der Waals surface area contributed by atoms with Crippen LogP contribution in [-0.2, 0) is 9.53 Å². The first kappa shape index (κ1) is 19.0. The minimum absolute atomic E-state index is 0.0752. The summed E-state index contributed by atoms with van der Waals surface area (Å²) in [7, 11) is 2.07. The zero-order valence-electron chi connectivity index (χ0n) is 16.8. The van der Waals surface area contributed by atoms with E-state index in [4.69, 9.17) is 4.74 Å². The molecule has 2 heterocycles. The molecule has 1 unspecified atom stereocenters. The van der Waals surface area contributed by atoms with E-state index in [0.717, 1.165) is 16.8 Å². The molecule has 0 saturated carbocycles. The number of anilines is 1. The number of esters is 1. The average molecular weight is 369 g/mol. The molecule has 27 heavy (non-hydrogen) atoms. The number of nitrogens with one attached hydrogen (secondary N) is 2. The van der Waals surface area contributed by atoms with Gasteiger partial charge in [0.1, 0.15) is 0 Å². The van der Waals surface area contributed by atoms with Gasteiger partial charge < -0.3 is 20.3 Å². The van der Waals surface area contributed by atoms with Crippen molar-refractivity contribution in [2.75, 3.05) is 18.6 Å². The fourth-order valence-corrected chi connectivity index (χ4v) is 3.78. The molecule has 3 rings (SSSR count). The number of fused-ring (bicyclic) bond motifs is 1. The molecule has 6 heteroatoms. The minimum Gasteiger partial charge on any atom is -0.463 e. The third-order valence-corrected chi connectivity index (χ3v) is 5.34. The second-order valence-electron chi connectivity index (χ2n) is 7.61. The number of carbonyl (C=O) groups is 2. The predicted molar refractivity (Wildman–Crippen MR) is 106 cm³/mol. The molecular weight excluding hydrogens is 342 g/mol. The van der Waals surface area contributed by atoms with Crippen molar-refractivity contribution in [3.05, 3.63) is 46.7 Å². The van der Waals surface area contributed by atoms with Gasteiger partial charge in [0.25, 0.3) is 0 Å². The highest BCUT2D eigenvalue weighted by Crippen LogP contribution is 2.40. The van der Waals surface area contributed by atoms with Crippen molar-refractivity contribution in [2.24, 2.45) is 0 Å². The van der Waals surface area contributed by atoms with Gasteiger partial charge in [0.2, 0.25) is 0 Å². The molecule has 1 aromatic carbocycles. The van der Waals surface area contributed by atoms with E-state index in [2.05, 4.69) is 61.6 Å². The van der Waals surface area contributed by atoms with Gasteiger partial charge in [-0.15, -0.1) is 0 Å². The van der Waals surface area contributed by atoms with Crippen LogP contribution >= 0.6 is 0 Å². The zero-order valence-corrected chi connectivity index (χ0v) is 16.8. The summed E-state index contributed by atoms with van der Waals surface area (Å²) in [5, 5.41) is 5.53. The molecule has 0 spiro atoms. The van der Waals surface area contributed by atoms with E-state index in [1.54, 1.807) is 13.8 Å². The highest BCUT2D eigenvalue weighted by Gasteiger charge is 2.34. The molecule has 2 amide bonds. The fourth-order valence-electron chi connectivity index (χ4n) is 3.78. The van der Waals surface area contributed by atoms with E-state index < -0.39 is 12.0 Å². The Kier molecular flexibility index (Phi) is 4.76. The summed E-state index contributed by atoms with van der Waals surface area (Å²) >= 11 is 0. The predicted octanol–water partition coefficient (Wildman–Crippen LogP) is 3.51.